The molecule has 0 saturated heterocycles. The Morgan fingerprint density at radius 3 is 2.74 bits per heavy atom. The molecule has 2 heterocycles. The molecule has 3 rings (SSSR count). The zero-order chi connectivity index (χ0) is 13.8. The van der Waals surface area contributed by atoms with E-state index in [0.29, 0.717) is 11.3 Å². The molecule has 0 radical (unpaired) electrons. The molecule has 0 saturated carbocycles. The van der Waals surface area contributed by atoms with Crippen LogP contribution < -0.4 is 4.74 Å². The monoisotopic (exact) mass is 258 g/mol. The fourth-order valence-electron chi connectivity index (χ4n) is 2.55. The highest BCUT2D eigenvalue weighted by Gasteiger charge is 2.33. The van der Waals surface area contributed by atoms with Gasteiger partial charge in [0.15, 0.2) is 17.1 Å². The lowest BCUT2D eigenvalue weighted by Crippen LogP contribution is -2.24. The van der Waals surface area contributed by atoms with E-state index in [2.05, 4.69) is 19.9 Å². The highest BCUT2D eigenvalue weighted by Crippen LogP contribution is 2.41. The van der Waals surface area contributed by atoms with Gasteiger partial charge in [-0.25, -0.2) is 0 Å². The van der Waals surface area contributed by atoms with E-state index in [-0.39, 0.29) is 17.3 Å². The molecule has 0 amide bonds. The SMILES string of the molecule is CC(C)C(=O)c1cc2ccc3c(c2o1)OC(C)(C)C3. The Labute approximate surface area is 112 Å². The lowest BCUT2D eigenvalue weighted by molar-refractivity contribution is 0.0913. The Kier molecular flexibility index (Phi) is 2.49. The summed E-state index contributed by atoms with van der Waals surface area (Å²) in [4.78, 5) is 12.0. The van der Waals surface area contributed by atoms with Gasteiger partial charge >= 0.3 is 0 Å². The average Bonchev–Trinajstić information content (AvgIpc) is 2.86. The van der Waals surface area contributed by atoms with E-state index >= 15 is 0 Å². The minimum atomic E-state index is -0.203. The molecule has 3 heteroatoms. The number of Topliss-reactive ketones (excluding diaryl/α,β-unsaturated/α-hetero) is 1. The van der Waals surface area contributed by atoms with E-state index in [9.17, 15) is 4.79 Å². The molecule has 100 valence electrons. The van der Waals surface area contributed by atoms with E-state index in [1.54, 1.807) is 0 Å². The third kappa shape index (κ3) is 1.93. The second-order valence-corrected chi connectivity index (χ2v) is 6.14. The van der Waals surface area contributed by atoms with Crippen LogP contribution in [0.1, 0.15) is 43.8 Å². The summed E-state index contributed by atoms with van der Waals surface area (Å²) in [5.41, 5.74) is 1.65. The van der Waals surface area contributed by atoms with E-state index in [1.165, 1.54) is 0 Å². The van der Waals surface area contributed by atoms with Crippen LogP contribution in [-0.2, 0) is 6.42 Å². The summed E-state index contributed by atoms with van der Waals surface area (Å²) < 4.78 is 11.7. The van der Waals surface area contributed by atoms with Crippen LogP contribution in [0.5, 0.6) is 5.75 Å². The molecule has 0 fully saturated rings. The number of benzene rings is 1. The van der Waals surface area contributed by atoms with Crippen molar-refractivity contribution in [1.82, 2.24) is 0 Å². The molecular formula is C16H18O3. The minimum absolute atomic E-state index is 0.0298. The van der Waals surface area contributed by atoms with Gasteiger partial charge in [-0.05, 0) is 19.9 Å². The molecular weight excluding hydrogens is 240 g/mol. The van der Waals surface area contributed by atoms with E-state index in [0.717, 1.165) is 23.1 Å². The van der Waals surface area contributed by atoms with Crippen molar-refractivity contribution >= 4 is 16.8 Å². The largest absolute Gasteiger partial charge is 0.483 e. The van der Waals surface area contributed by atoms with Gasteiger partial charge in [0, 0.05) is 23.3 Å². The molecule has 1 aliphatic rings. The van der Waals surface area contributed by atoms with Gasteiger partial charge in [-0.2, -0.15) is 0 Å². The van der Waals surface area contributed by atoms with Crippen LogP contribution in [0.25, 0.3) is 11.0 Å². The number of ether oxygens (including phenoxy) is 1. The fraction of sp³-hybridized carbons (Fsp3) is 0.438. The van der Waals surface area contributed by atoms with Gasteiger partial charge < -0.3 is 9.15 Å². The lowest BCUT2D eigenvalue weighted by Gasteiger charge is -2.16. The van der Waals surface area contributed by atoms with E-state index in [1.807, 2.05) is 26.0 Å². The zero-order valence-corrected chi connectivity index (χ0v) is 11.7. The molecule has 19 heavy (non-hydrogen) atoms. The number of furan rings is 1. The van der Waals surface area contributed by atoms with E-state index in [4.69, 9.17) is 9.15 Å². The Morgan fingerprint density at radius 1 is 1.32 bits per heavy atom. The lowest BCUT2D eigenvalue weighted by atomic mass is 10.0. The summed E-state index contributed by atoms with van der Waals surface area (Å²) in [5.74, 6) is 1.19. The summed E-state index contributed by atoms with van der Waals surface area (Å²) in [7, 11) is 0. The molecule has 0 aliphatic carbocycles. The van der Waals surface area contributed by atoms with Crippen LogP contribution >= 0.6 is 0 Å². The van der Waals surface area contributed by atoms with Crippen LogP contribution in [-0.4, -0.2) is 11.4 Å². The highest BCUT2D eigenvalue weighted by atomic mass is 16.5. The molecule has 1 aliphatic heterocycles. The molecule has 0 spiro atoms. The quantitative estimate of drug-likeness (QED) is 0.765. The van der Waals surface area contributed by atoms with Crippen molar-refractivity contribution in [3.63, 3.8) is 0 Å². The summed E-state index contributed by atoms with van der Waals surface area (Å²) in [6.45, 7) is 7.86. The molecule has 0 N–H and O–H groups in total. The van der Waals surface area contributed by atoms with Crippen LogP contribution in [0, 0.1) is 5.92 Å². The number of carbonyl (C=O) groups is 1. The van der Waals surface area contributed by atoms with Crippen molar-refractivity contribution < 1.29 is 13.9 Å². The number of fused-ring (bicyclic) bond motifs is 3. The molecule has 3 nitrogen and oxygen atoms in total. The highest BCUT2D eigenvalue weighted by molar-refractivity contribution is 5.99. The molecule has 2 aromatic rings. The van der Waals surface area contributed by atoms with Gasteiger partial charge in [0.25, 0.3) is 0 Å². The maximum Gasteiger partial charge on any atom is 0.200 e. The zero-order valence-electron chi connectivity index (χ0n) is 11.7. The van der Waals surface area contributed by atoms with Crippen molar-refractivity contribution in [3.8, 4) is 5.75 Å². The Bertz CT molecular complexity index is 662. The van der Waals surface area contributed by atoms with Gasteiger partial charge in [0.05, 0.1) is 0 Å². The molecule has 0 unspecified atom stereocenters. The number of carbonyl (C=O) groups excluding carboxylic acids is 1. The molecule has 0 atom stereocenters. The summed E-state index contributed by atoms with van der Waals surface area (Å²) >= 11 is 0. The van der Waals surface area contributed by atoms with Gasteiger partial charge in [0.1, 0.15) is 5.60 Å². The van der Waals surface area contributed by atoms with Crippen molar-refractivity contribution in [2.24, 2.45) is 5.92 Å². The Balaban J connectivity index is 2.14. The predicted octanol–water partition coefficient (Wildman–Crippen LogP) is 3.99. The predicted molar refractivity (Wildman–Crippen MR) is 73.8 cm³/mol. The Hall–Kier alpha value is -1.77. The third-order valence-corrected chi connectivity index (χ3v) is 3.48. The van der Waals surface area contributed by atoms with Crippen molar-refractivity contribution in [1.29, 1.82) is 0 Å². The average molecular weight is 258 g/mol. The Morgan fingerprint density at radius 2 is 2.05 bits per heavy atom. The van der Waals surface area contributed by atoms with E-state index < -0.39 is 0 Å². The number of rotatable bonds is 2. The minimum Gasteiger partial charge on any atom is -0.483 e. The normalized spacial score (nSPS) is 16.7. The van der Waals surface area contributed by atoms with Crippen LogP contribution in [0.15, 0.2) is 22.6 Å². The summed E-state index contributed by atoms with van der Waals surface area (Å²) in [6, 6.07) is 5.87. The smallest absolute Gasteiger partial charge is 0.200 e. The number of hydrogen-bond donors (Lipinski definition) is 0. The standard InChI is InChI=1S/C16H18O3/c1-9(2)13(17)12-7-10-5-6-11-8-16(3,4)19-15(11)14(10)18-12/h5-7,9H,8H2,1-4H3. The van der Waals surface area contributed by atoms with Gasteiger partial charge in [-0.15, -0.1) is 0 Å². The first kappa shape index (κ1) is 12.3. The maximum absolute atomic E-state index is 12.0. The molecule has 1 aromatic heterocycles. The summed E-state index contributed by atoms with van der Waals surface area (Å²) in [6.07, 6.45) is 0.867. The van der Waals surface area contributed by atoms with Crippen LogP contribution in [0.2, 0.25) is 0 Å². The van der Waals surface area contributed by atoms with Crippen molar-refractivity contribution in [3.05, 3.63) is 29.5 Å². The van der Waals surface area contributed by atoms with Crippen LogP contribution in [0.4, 0.5) is 0 Å². The molecule has 0 bridgehead atoms. The van der Waals surface area contributed by atoms with Crippen molar-refractivity contribution in [2.45, 2.75) is 39.7 Å². The first-order valence-electron chi connectivity index (χ1n) is 6.66. The maximum atomic E-state index is 12.0. The van der Waals surface area contributed by atoms with Crippen LogP contribution in [0.3, 0.4) is 0 Å². The molecule has 1 aromatic carbocycles. The van der Waals surface area contributed by atoms with Gasteiger partial charge in [0.2, 0.25) is 5.78 Å². The van der Waals surface area contributed by atoms with Gasteiger partial charge in [-0.3, -0.25) is 4.79 Å². The number of hydrogen-bond acceptors (Lipinski definition) is 3. The fourth-order valence-corrected chi connectivity index (χ4v) is 2.55. The topological polar surface area (TPSA) is 39.4 Å². The second kappa shape index (κ2) is 3.86. The summed E-state index contributed by atoms with van der Waals surface area (Å²) in [5, 5.41) is 0.931. The number of ketones is 1. The van der Waals surface area contributed by atoms with Crippen molar-refractivity contribution in [2.75, 3.05) is 0 Å². The first-order valence-corrected chi connectivity index (χ1v) is 6.66. The second-order valence-electron chi connectivity index (χ2n) is 6.14. The first-order chi connectivity index (χ1) is 8.87. The van der Waals surface area contributed by atoms with Gasteiger partial charge in [-0.1, -0.05) is 26.0 Å². The third-order valence-electron chi connectivity index (χ3n) is 3.48.